The highest BCUT2D eigenvalue weighted by atomic mass is 35.5. The number of nitrogens with zero attached hydrogens (tertiary/aromatic N) is 2. The highest BCUT2D eigenvalue weighted by Crippen LogP contribution is 2.37. The Morgan fingerprint density at radius 2 is 2.14 bits per heavy atom. The predicted octanol–water partition coefficient (Wildman–Crippen LogP) is 3.10. The normalized spacial score (nSPS) is 11.7. The lowest BCUT2D eigenvalue weighted by molar-refractivity contribution is 0.0596. The van der Waals surface area contributed by atoms with Crippen molar-refractivity contribution in [2.45, 2.75) is 19.4 Å². The number of benzene rings is 1. The molecular weight excluding hydrogens is 382 g/mol. The third-order valence-electron chi connectivity index (χ3n) is 4.11. The number of carbonyl (C=O) groups is 1. The van der Waals surface area contributed by atoms with Crippen LogP contribution in [0, 0.1) is 0 Å². The Balaban J connectivity index is 2.31. The number of hydrogen-bond acceptors (Lipinski definition) is 6. The molecule has 0 aliphatic heterocycles. The minimum Gasteiger partial charge on any atom is -0.507 e. The molecule has 1 heterocycles. The summed E-state index contributed by atoms with van der Waals surface area (Å²) < 4.78 is 6.64. The van der Waals surface area contributed by atoms with Crippen molar-refractivity contribution in [1.82, 2.24) is 9.55 Å². The van der Waals surface area contributed by atoms with Gasteiger partial charge in [-0.15, -0.1) is 0 Å². The smallest absolute Gasteiger partial charge is 0.341 e. The first kappa shape index (κ1) is 21.1. The Morgan fingerprint density at radius 3 is 2.79 bits per heavy atom. The maximum Gasteiger partial charge on any atom is 0.341 e. The molecule has 7 nitrogen and oxygen atoms in total. The van der Waals surface area contributed by atoms with Gasteiger partial charge >= 0.3 is 5.97 Å². The van der Waals surface area contributed by atoms with Gasteiger partial charge in [0.1, 0.15) is 22.9 Å². The second-order valence-corrected chi connectivity index (χ2v) is 6.26. The molecule has 0 saturated carbocycles. The zero-order valence-corrected chi connectivity index (χ0v) is 16.2. The van der Waals surface area contributed by atoms with Crippen LogP contribution in [0.4, 0.5) is 0 Å². The number of nitrogens with two attached hydrogens (primary N) is 1. The number of phenols is 2. The van der Waals surface area contributed by atoms with Gasteiger partial charge in [0, 0.05) is 31.4 Å². The number of halogens is 1. The van der Waals surface area contributed by atoms with Crippen LogP contribution in [-0.4, -0.2) is 32.8 Å². The van der Waals surface area contributed by atoms with E-state index in [-0.39, 0.29) is 22.8 Å². The summed E-state index contributed by atoms with van der Waals surface area (Å²) in [7, 11) is 1.21. The number of imidazole rings is 1. The SMILES string of the molecule is C=C/C=C(\C=C/N)Cn1ccnc1CCc1c(Cl)c(O)cc(O)c1C(=O)OC. The molecule has 0 spiro atoms. The van der Waals surface area contributed by atoms with E-state index in [1.807, 2.05) is 16.8 Å². The Hall–Kier alpha value is -3.19. The Morgan fingerprint density at radius 1 is 1.39 bits per heavy atom. The van der Waals surface area contributed by atoms with Gasteiger partial charge in [-0.3, -0.25) is 0 Å². The van der Waals surface area contributed by atoms with E-state index >= 15 is 0 Å². The van der Waals surface area contributed by atoms with Gasteiger partial charge < -0.3 is 25.3 Å². The number of esters is 1. The van der Waals surface area contributed by atoms with Crippen molar-refractivity contribution in [2.24, 2.45) is 5.73 Å². The largest absolute Gasteiger partial charge is 0.507 e. The van der Waals surface area contributed by atoms with Crippen LogP contribution < -0.4 is 5.73 Å². The molecule has 0 unspecified atom stereocenters. The van der Waals surface area contributed by atoms with E-state index in [2.05, 4.69) is 11.6 Å². The summed E-state index contributed by atoms with van der Waals surface area (Å²) >= 11 is 6.18. The number of carbonyl (C=O) groups excluding carboxylic acids is 1. The van der Waals surface area contributed by atoms with Crippen LogP contribution in [0.2, 0.25) is 5.02 Å². The molecule has 2 rings (SSSR count). The first-order valence-electron chi connectivity index (χ1n) is 8.44. The van der Waals surface area contributed by atoms with E-state index < -0.39 is 11.7 Å². The van der Waals surface area contributed by atoms with E-state index in [0.717, 1.165) is 17.5 Å². The number of aromatic hydroxyl groups is 2. The molecular formula is C20H22ClN3O4. The van der Waals surface area contributed by atoms with Crippen LogP contribution in [0.1, 0.15) is 21.7 Å². The highest BCUT2D eigenvalue weighted by Gasteiger charge is 2.23. The van der Waals surface area contributed by atoms with E-state index in [1.165, 1.54) is 13.3 Å². The highest BCUT2D eigenvalue weighted by molar-refractivity contribution is 6.33. The van der Waals surface area contributed by atoms with Crippen LogP contribution in [-0.2, 0) is 24.1 Å². The lowest BCUT2D eigenvalue weighted by Crippen LogP contribution is -2.10. The predicted molar refractivity (Wildman–Crippen MR) is 107 cm³/mol. The third-order valence-corrected chi connectivity index (χ3v) is 4.53. The quantitative estimate of drug-likeness (QED) is 0.461. The maximum atomic E-state index is 12.1. The standard InChI is InChI=1S/C20H22ClN3O4/c1-3-4-13(7-8-22)12-24-10-9-23-17(24)6-5-14-18(20(27)28-2)15(25)11-16(26)19(14)21/h3-4,7-11,25-26H,1,5-6,12,22H2,2H3/b8-7-,13-4+. The average Bonchev–Trinajstić information content (AvgIpc) is 3.10. The van der Waals surface area contributed by atoms with Crippen LogP contribution in [0.25, 0.3) is 0 Å². The first-order chi connectivity index (χ1) is 13.4. The second kappa shape index (κ2) is 9.66. The fraction of sp³-hybridized carbons (Fsp3) is 0.200. The number of methoxy groups -OCH3 is 1. The number of aromatic nitrogens is 2. The molecule has 28 heavy (non-hydrogen) atoms. The minimum absolute atomic E-state index is 0.00499. The van der Waals surface area contributed by atoms with Gasteiger partial charge in [0.05, 0.1) is 12.1 Å². The molecule has 0 aliphatic carbocycles. The molecule has 0 aliphatic rings. The third kappa shape index (κ3) is 4.75. The summed E-state index contributed by atoms with van der Waals surface area (Å²) in [6.07, 6.45) is 10.9. The number of aryl methyl sites for hydroxylation is 1. The molecule has 4 N–H and O–H groups in total. The van der Waals surface area contributed by atoms with Crippen LogP contribution >= 0.6 is 11.6 Å². The summed E-state index contributed by atoms with van der Waals surface area (Å²) in [5.41, 5.74) is 6.64. The van der Waals surface area contributed by atoms with Crippen LogP contribution in [0.5, 0.6) is 11.5 Å². The lowest BCUT2D eigenvalue weighted by atomic mass is 10.0. The van der Waals surface area contributed by atoms with Crippen molar-refractivity contribution in [3.05, 3.63) is 77.0 Å². The topological polar surface area (TPSA) is 111 Å². The van der Waals surface area contributed by atoms with Gasteiger partial charge in [0.15, 0.2) is 0 Å². The number of allylic oxidation sites excluding steroid dienone is 4. The maximum absolute atomic E-state index is 12.1. The van der Waals surface area contributed by atoms with Gasteiger partial charge in [0.25, 0.3) is 0 Å². The van der Waals surface area contributed by atoms with Gasteiger partial charge in [-0.2, -0.15) is 0 Å². The molecule has 0 fully saturated rings. The molecule has 0 saturated heterocycles. The average molecular weight is 404 g/mol. The van der Waals surface area contributed by atoms with E-state index in [4.69, 9.17) is 22.1 Å². The minimum atomic E-state index is -0.734. The van der Waals surface area contributed by atoms with Crippen LogP contribution in [0.15, 0.2) is 55.0 Å². The lowest BCUT2D eigenvalue weighted by Gasteiger charge is -2.14. The molecule has 2 aromatic rings. The zero-order valence-electron chi connectivity index (χ0n) is 15.4. The molecule has 0 amide bonds. The fourth-order valence-electron chi connectivity index (χ4n) is 2.83. The molecule has 0 radical (unpaired) electrons. The molecule has 1 aromatic carbocycles. The summed E-state index contributed by atoms with van der Waals surface area (Å²) in [6.45, 7) is 4.21. The Bertz CT molecular complexity index is 932. The van der Waals surface area contributed by atoms with Crippen molar-refractivity contribution in [2.75, 3.05) is 7.11 Å². The number of ether oxygens (including phenoxy) is 1. The summed E-state index contributed by atoms with van der Waals surface area (Å²) in [6, 6.07) is 1.02. The number of rotatable bonds is 8. The van der Waals surface area contributed by atoms with Crippen molar-refractivity contribution >= 4 is 17.6 Å². The second-order valence-electron chi connectivity index (χ2n) is 5.88. The van der Waals surface area contributed by atoms with E-state index in [9.17, 15) is 15.0 Å². The summed E-state index contributed by atoms with van der Waals surface area (Å²) in [5.74, 6) is -0.706. The van der Waals surface area contributed by atoms with Gasteiger partial charge in [0.2, 0.25) is 0 Å². The number of hydrogen-bond donors (Lipinski definition) is 3. The molecule has 8 heteroatoms. The molecule has 0 bridgehead atoms. The van der Waals surface area contributed by atoms with Crippen molar-refractivity contribution in [3.8, 4) is 11.5 Å². The summed E-state index contributed by atoms with van der Waals surface area (Å²) in [4.78, 5) is 16.4. The fourth-order valence-corrected chi connectivity index (χ4v) is 3.07. The molecule has 1 aromatic heterocycles. The van der Waals surface area contributed by atoms with Gasteiger partial charge in [-0.25, -0.2) is 9.78 Å². The first-order valence-corrected chi connectivity index (χ1v) is 8.82. The summed E-state index contributed by atoms with van der Waals surface area (Å²) in [5, 5.41) is 20.0. The Kier molecular flexibility index (Phi) is 7.28. The zero-order chi connectivity index (χ0) is 20.7. The number of phenolic OH excluding ortho intramolecular Hbond substituents is 2. The van der Waals surface area contributed by atoms with E-state index in [0.29, 0.717) is 18.5 Å². The van der Waals surface area contributed by atoms with Crippen molar-refractivity contribution in [3.63, 3.8) is 0 Å². The van der Waals surface area contributed by atoms with Crippen molar-refractivity contribution < 1.29 is 19.7 Å². The monoisotopic (exact) mass is 403 g/mol. The van der Waals surface area contributed by atoms with E-state index in [1.54, 1.807) is 18.3 Å². The molecule has 148 valence electrons. The Labute approximate surface area is 168 Å². The van der Waals surface area contributed by atoms with Gasteiger partial charge in [-0.1, -0.05) is 30.3 Å². The van der Waals surface area contributed by atoms with Gasteiger partial charge in [-0.05, 0) is 29.8 Å². The van der Waals surface area contributed by atoms with Crippen LogP contribution in [0.3, 0.4) is 0 Å². The molecule has 0 atom stereocenters. The van der Waals surface area contributed by atoms with Crippen molar-refractivity contribution in [1.29, 1.82) is 0 Å².